The Bertz CT molecular complexity index is 1050. The third kappa shape index (κ3) is 2.47. The molecule has 146 valence electrons. The topological polar surface area (TPSA) is 40.5 Å². The monoisotopic (exact) mass is 403 g/mol. The van der Waals surface area contributed by atoms with E-state index in [1.54, 1.807) is 0 Å². The van der Waals surface area contributed by atoms with Crippen molar-refractivity contribution in [3.8, 4) is 0 Å². The largest absolute Gasteiger partial charge is 0.478 e. The minimum atomic E-state index is -0.835. The van der Waals surface area contributed by atoms with E-state index in [2.05, 4.69) is 41.3 Å². The van der Waals surface area contributed by atoms with Gasteiger partial charge >= 0.3 is 5.97 Å². The van der Waals surface area contributed by atoms with Crippen molar-refractivity contribution in [3.05, 3.63) is 88.0 Å². The van der Waals surface area contributed by atoms with Crippen LogP contribution in [0.5, 0.6) is 0 Å². The standard InChI is InChI=1S/C25H22ClNO2/c26-17-9-7-14(8-10-17)23-20-6-2-5-19(20)22-12-16(25(28)29)11-21-18-4-1-3-15(18)13-27(23)24(21)22/h1-2,4-5,7-12,15,18-20,23H,3,6,13H2,(H,28,29)/t15-,18+,19+,20+,23+/m1/s1. The Balaban J connectivity index is 1.59. The maximum Gasteiger partial charge on any atom is 0.335 e. The van der Waals surface area contributed by atoms with Crippen molar-refractivity contribution in [2.75, 3.05) is 11.4 Å². The molecule has 2 aromatic rings. The first-order chi connectivity index (χ1) is 14.1. The molecule has 0 bridgehead atoms. The average Bonchev–Trinajstić information content (AvgIpc) is 3.38. The van der Waals surface area contributed by atoms with Crippen LogP contribution in [0.2, 0.25) is 5.02 Å². The van der Waals surface area contributed by atoms with Gasteiger partial charge in [0.15, 0.2) is 0 Å². The quantitative estimate of drug-likeness (QED) is 0.631. The molecule has 6 rings (SSSR count). The lowest BCUT2D eigenvalue weighted by Crippen LogP contribution is -2.46. The van der Waals surface area contributed by atoms with E-state index < -0.39 is 5.97 Å². The second-order valence-corrected chi connectivity index (χ2v) is 9.20. The molecule has 0 spiro atoms. The summed E-state index contributed by atoms with van der Waals surface area (Å²) in [6.45, 7) is 1.01. The van der Waals surface area contributed by atoms with Crippen molar-refractivity contribution in [2.45, 2.75) is 30.7 Å². The van der Waals surface area contributed by atoms with E-state index in [1.165, 1.54) is 22.4 Å². The molecule has 0 saturated carbocycles. The average molecular weight is 404 g/mol. The van der Waals surface area contributed by atoms with E-state index in [-0.39, 0.29) is 12.0 Å². The first kappa shape index (κ1) is 17.3. The SMILES string of the molecule is O=C(O)c1cc2c3c(c1)[C@H]1C=CC[C@@H]1[C@H](c1ccc(Cl)cc1)N3C[C@H]1CC=C[C@H]21. The molecule has 3 nitrogen and oxygen atoms in total. The lowest BCUT2D eigenvalue weighted by molar-refractivity contribution is 0.0696. The number of fused-ring (bicyclic) bond motifs is 4. The zero-order valence-electron chi connectivity index (χ0n) is 16.0. The Hall–Kier alpha value is -2.52. The molecule has 4 aliphatic rings. The molecule has 4 heteroatoms. The Morgan fingerprint density at radius 2 is 1.69 bits per heavy atom. The summed E-state index contributed by atoms with van der Waals surface area (Å²) < 4.78 is 0. The van der Waals surface area contributed by atoms with Gasteiger partial charge in [-0.15, -0.1) is 0 Å². The van der Waals surface area contributed by atoms with Gasteiger partial charge in [0.1, 0.15) is 0 Å². The fraction of sp³-hybridized carbons (Fsp3) is 0.320. The lowest BCUT2D eigenvalue weighted by atomic mass is 9.70. The van der Waals surface area contributed by atoms with Crippen molar-refractivity contribution < 1.29 is 9.90 Å². The molecule has 0 unspecified atom stereocenters. The molecule has 2 heterocycles. The minimum absolute atomic E-state index is 0.266. The normalized spacial score (nSPS) is 30.8. The van der Waals surface area contributed by atoms with Gasteiger partial charge < -0.3 is 10.0 Å². The zero-order chi connectivity index (χ0) is 19.7. The molecular weight excluding hydrogens is 382 g/mol. The fourth-order valence-corrected chi connectivity index (χ4v) is 6.26. The summed E-state index contributed by atoms with van der Waals surface area (Å²) in [5.41, 5.74) is 5.39. The number of carboxylic acids is 1. The minimum Gasteiger partial charge on any atom is -0.478 e. The van der Waals surface area contributed by atoms with E-state index in [0.29, 0.717) is 23.3 Å². The highest BCUT2D eigenvalue weighted by atomic mass is 35.5. The smallest absolute Gasteiger partial charge is 0.335 e. The number of carbonyl (C=O) groups is 1. The summed E-state index contributed by atoms with van der Waals surface area (Å²) >= 11 is 6.18. The molecule has 0 aromatic heterocycles. The predicted octanol–water partition coefficient (Wildman–Crippen LogP) is 5.93. The van der Waals surface area contributed by atoms with Gasteiger partial charge in [0, 0.05) is 29.1 Å². The number of carboxylic acid groups (broad SMARTS) is 1. The Morgan fingerprint density at radius 1 is 1.00 bits per heavy atom. The maximum absolute atomic E-state index is 11.9. The Morgan fingerprint density at radius 3 is 2.45 bits per heavy atom. The molecule has 2 aliphatic heterocycles. The second-order valence-electron chi connectivity index (χ2n) is 8.76. The van der Waals surface area contributed by atoms with Gasteiger partial charge in [0.2, 0.25) is 0 Å². The van der Waals surface area contributed by atoms with Crippen molar-refractivity contribution >= 4 is 23.3 Å². The number of hydrogen-bond acceptors (Lipinski definition) is 2. The van der Waals surface area contributed by atoms with Gasteiger partial charge in [-0.05, 0) is 65.6 Å². The van der Waals surface area contributed by atoms with Gasteiger partial charge in [-0.3, -0.25) is 0 Å². The number of aromatic carboxylic acids is 1. The summed E-state index contributed by atoms with van der Waals surface area (Å²) in [5.74, 6) is 0.693. The van der Waals surface area contributed by atoms with E-state index in [0.717, 1.165) is 24.4 Å². The summed E-state index contributed by atoms with van der Waals surface area (Å²) in [6, 6.07) is 12.5. The van der Waals surface area contributed by atoms with Crippen LogP contribution in [-0.4, -0.2) is 17.6 Å². The first-order valence-electron chi connectivity index (χ1n) is 10.4. The zero-order valence-corrected chi connectivity index (χ0v) is 16.7. The fourth-order valence-electron chi connectivity index (χ4n) is 6.14. The summed E-state index contributed by atoms with van der Waals surface area (Å²) in [6.07, 6.45) is 11.2. The highest BCUT2D eigenvalue weighted by Gasteiger charge is 2.48. The van der Waals surface area contributed by atoms with Gasteiger partial charge in [0.05, 0.1) is 11.6 Å². The molecule has 0 fully saturated rings. The Kier molecular flexibility index (Phi) is 3.73. The first-order valence-corrected chi connectivity index (χ1v) is 10.8. The van der Waals surface area contributed by atoms with E-state index in [1.807, 2.05) is 24.3 Å². The highest BCUT2D eigenvalue weighted by molar-refractivity contribution is 6.30. The maximum atomic E-state index is 11.9. The van der Waals surface area contributed by atoms with Gasteiger partial charge in [-0.25, -0.2) is 4.79 Å². The van der Waals surface area contributed by atoms with E-state index in [9.17, 15) is 9.90 Å². The lowest BCUT2D eigenvalue weighted by Gasteiger charge is -2.51. The van der Waals surface area contributed by atoms with Gasteiger partial charge in [-0.1, -0.05) is 48.0 Å². The van der Waals surface area contributed by atoms with Crippen molar-refractivity contribution in [2.24, 2.45) is 11.8 Å². The molecular formula is C25H22ClNO2. The third-order valence-electron chi connectivity index (χ3n) is 7.31. The van der Waals surface area contributed by atoms with Crippen LogP contribution in [0, 0.1) is 11.8 Å². The molecule has 0 radical (unpaired) electrons. The van der Waals surface area contributed by atoms with E-state index in [4.69, 9.17) is 11.6 Å². The van der Waals surface area contributed by atoms with Crippen LogP contribution in [-0.2, 0) is 0 Å². The van der Waals surface area contributed by atoms with Crippen molar-refractivity contribution in [1.82, 2.24) is 0 Å². The van der Waals surface area contributed by atoms with Crippen LogP contribution in [0.4, 0.5) is 5.69 Å². The van der Waals surface area contributed by atoms with Crippen LogP contribution >= 0.6 is 11.6 Å². The van der Waals surface area contributed by atoms with Crippen LogP contribution in [0.1, 0.15) is 57.8 Å². The van der Waals surface area contributed by atoms with Gasteiger partial charge in [-0.2, -0.15) is 0 Å². The third-order valence-corrected chi connectivity index (χ3v) is 7.56. The van der Waals surface area contributed by atoms with Crippen LogP contribution < -0.4 is 4.90 Å². The molecule has 1 N–H and O–H groups in total. The second kappa shape index (κ2) is 6.24. The molecule has 0 saturated heterocycles. The Labute approximate surface area is 175 Å². The van der Waals surface area contributed by atoms with Crippen LogP contribution in [0.15, 0.2) is 60.7 Å². The van der Waals surface area contributed by atoms with Crippen LogP contribution in [0.25, 0.3) is 0 Å². The predicted molar refractivity (Wildman–Crippen MR) is 115 cm³/mol. The number of nitrogens with zero attached hydrogens (tertiary/aromatic N) is 1. The summed E-state index contributed by atoms with van der Waals surface area (Å²) in [4.78, 5) is 14.5. The molecule has 5 atom stereocenters. The molecule has 29 heavy (non-hydrogen) atoms. The summed E-state index contributed by atoms with van der Waals surface area (Å²) in [7, 11) is 0. The number of halogens is 1. The highest BCUT2D eigenvalue weighted by Crippen LogP contribution is 2.58. The number of anilines is 1. The molecule has 2 aromatic carbocycles. The number of benzene rings is 2. The van der Waals surface area contributed by atoms with E-state index >= 15 is 0 Å². The number of allylic oxidation sites excluding steroid dienone is 4. The van der Waals surface area contributed by atoms with Crippen LogP contribution in [0.3, 0.4) is 0 Å². The number of hydrogen-bond donors (Lipinski definition) is 1. The molecule has 0 amide bonds. The summed E-state index contributed by atoms with van der Waals surface area (Å²) in [5, 5.41) is 10.5. The van der Waals surface area contributed by atoms with Gasteiger partial charge in [0.25, 0.3) is 0 Å². The molecule has 2 aliphatic carbocycles. The number of rotatable bonds is 2. The van der Waals surface area contributed by atoms with Crippen molar-refractivity contribution in [1.29, 1.82) is 0 Å². The van der Waals surface area contributed by atoms with Crippen molar-refractivity contribution in [3.63, 3.8) is 0 Å².